The summed E-state index contributed by atoms with van der Waals surface area (Å²) in [6.45, 7) is 1.81. The van der Waals surface area contributed by atoms with Gasteiger partial charge < -0.3 is 0 Å². The quantitative estimate of drug-likeness (QED) is 0.614. The van der Waals surface area contributed by atoms with Crippen LogP contribution in [0.15, 0.2) is 47.4 Å². The number of thioether (sulfide) groups is 1. The number of ketones is 1. The van der Waals surface area contributed by atoms with Crippen molar-refractivity contribution in [1.29, 1.82) is 0 Å². The molecule has 0 N–H and O–H groups in total. The standard InChI is InChI=1S/C15H12F2OS/c1-10-2-7-14(17)13(8-10)15(18)9-19-12-5-3-11(16)4-6-12/h2-8H,9H2,1H3. The predicted molar refractivity (Wildman–Crippen MR) is 72.6 cm³/mol. The number of hydrogen-bond donors (Lipinski definition) is 0. The van der Waals surface area contributed by atoms with E-state index in [1.807, 2.05) is 6.92 Å². The van der Waals surface area contributed by atoms with E-state index < -0.39 is 5.82 Å². The summed E-state index contributed by atoms with van der Waals surface area (Å²) in [6.07, 6.45) is 0. The van der Waals surface area contributed by atoms with Gasteiger partial charge in [0.05, 0.1) is 11.3 Å². The lowest BCUT2D eigenvalue weighted by molar-refractivity contribution is 0.101. The molecule has 0 radical (unpaired) electrons. The van der Waals surface area contributed by atoms with Crippen molar-refractivity contribution in [2.75, 3.05) is 5.75 Å². The van der Waals surface area contributed by atoms with Crippen LogP contribution in [0.1, 0.15) is 15.9 Å². The molecule has 0 aliphatic heterocycles. The Balaban J connectivity index is 2.05. The molecule has 98 valence electrons. The highest BCUT2D eigenvalue weighted by molar-refractivity contribution is 8.00. The average Bonchev–Trinajstić information content (AvgIpc) is 2.40. The van der Waals surface area contributed by atoms with Crippen molar-refractivity contribution >= 4 is 17.5 Å². The van der Waals surface area contributed by atoms with E-state index in [1.165, 1.54) is 30.0 Å². The summed E-state index contributed by atoms with van der Waals surface area (Å²) in [5.74, 6) is -0.960. The number of Topliss-reactive ketones (excluding diaryl/α,β-unsaturated/α-hetero) is 1. The molecule has 0 bridgehead atoms. The Morgan fingerprint density at radius 1 is 1.11 bits per heavy atom. The summed E-state index contributed by atoms with van der Waals surface area (Å²) in [5, 5.41) is 0. The van der Waals surface area contributed by atoms with Gasteiger partial charge in [0.2, 0.25) is 0 Å². The Bertz CT molecular complexity index is 594. The van der Waals surface area contributed by atoms with Gasteiger partial charge in [-0.2, -0.15) is 0 Å². The molecule has 0 aliphatic carbocycles. The van der Waals surface area contributed by atoms with E-state index in [4.69, 9.17) is 0 Å². The van der Waals surface area contributed by atoms with Crippen LogP contribution in [0.4, 0.5) is 8.78 Å². The number of rotatable bonds is 4. The molecule has 2 aromatic rings. The van der Waals surface area contributed by atoms with Gasteiger partial charge in [-0.05, 0) is 43.3 Å². The first-order valence-electron chi connectivity index (χ1n) is 5.74. The van der Waals surface area contributed by atoms with E-state index in [0.29, 0.717) is 0 Å². The van der Waals surface area contributed by atoms with Crippen LogP contribution in [0.2, 0.25) is 0 Å². The number of halogens is 2. The first-order valence-corrected chi connectivity index (χ1v) is 6.72. The summed E-state index contributed by atoms with van der Waals surface area (Å²) < 4.78 is 26.2. The fourth-order valence-corrected chi connectivity index (χ4v) is 2.39. The van der Waals surface area contributed by atoms with Gasteiger partial charge in [0.15, 0.2) is 5.78 Å². The van der Waals surface area contributed by atoms with Crippen LogP contribution in [-0.4, -0.2) is 11.5 Å². The van der Waals surface area contributed by atoms with Crippen LogP contribution in [0.5, 0.6) is 0 Å². The number of carbonyl (C=O) groups is 1. The van der Waals surface area contributed by atoms with Crippen molar-refractivity contribution in [2.45, 2.75) is 11.8 Å². The molecule has 0 saturated heterocycles. The van der Waals surface area contributed by atoms with Crippen LogP contribution < -0.4 is 0 Å². The lowest BCUT2D eigenvalue weighted by Crippen LogP contribution is -2.05. The van der Waals surface area contributed by atoms with Gasteiger partial charge in [0, 0.05) is 4.90 Å². The molecule has 0 heterocycles. The zero-order valence-electron chi connectivity index (χ0n) is 10.3. The molecule has 2 rings (SSSR count). The van der Waals surface area contributed by atoms with Crippen molar-refractivity contribution in [3.8, 4) is 0 Å². The molecule has 0 saturated carbocycles. The largest absolute Gasteiger partial charge is 0.293 e. The highest BCUT2D eigenvalue weighted by Gasteiger charge is 2.12. The Morgan fingerprint density at radius 3 is 2.47 bits per heavy atom. The molecule has 19 heavy (non-hydrogen) atoms. The summed E-state index contributed by atoms with van der Waals surface area (Å²) in [7, 11) is 0. The van der Waals surface area contributed by atoms with Crippen molar-refractivity contribution in [1.82, 2.24) is 0 Å². The van der Waals surface area contributed by atoms with E-state index in [1.54, 1.807) is 24.3 Å². The molecule has 0 aliphatic rings. The van der Waals surface area contributed by atoms with E-state index in [0.717, 1.165) is 10.5 Å². The van der Waals surface area contributed by atoms with Crippen LogP contribution >= 0.6 is 11.8 Å². The third kappa shape index (κ3) is 3.64. The van der Waals surface area contributed by atoms with Gasteiger partial charge in [0.1, 0.15) is 11.6 Å². The Kier molecular flexibility index (Phi) is 4.32. The molecule has 0 amide bonds. The summed E-state index contributed by atoms with van der Waals surface area (Å²) in [6, 6.07) is 10.3. The number of benzene rings is 2. The maximum Gasteiger partial charge on any atom is 0.176 e. The fourth-order valence-electron chi connectivity index (χ4n) is 1.61. The maximum atomic E-state index is 13.5. The minimum absolute atomic E-state index is 0.106. The molecule has 2 aromatic carbocycles. The maximum absolute atomic E-state index is 13.5. The zero-order valence-corrected chi connectivity index (χ0v) is 11.1. The Hall–Kier alpha value is -1.68. The SMILES string of the molecule is Cc1ccc(F)c(C(=O)CSc2ccc(F)cc2)c1. The van der Waals surface area contributed by atoms with E-state index in [-0.39, 0.29) is 22.9 Å². The van der Waals surface area contributed by atoms with Crippen molar-refractivity contribution in [3.63, 3.8) is 0 Å². The molecule has 0 atom stereocenters. The molecule has 1 nitrogen and oxygen atoms in total. The van der Waals surface area contributed by atoms with E-state index >= 15 is 0 Å². The third-order valence-corrected chi connectivity index (χ3v) is 3.62. The lowest BCUT2D eigenvalue weighted by atomic mass is 10.1. The normalized spacial score (nSPS) is 10.5. The highest BCUT2D eigenvalue weighted by atomic mass is 32.2. The monoisotopic (exact) mass is 278 g/mol. The van der Waals surface area contributed by atoms with Crippen molar-refractivity contribution in [2.24, 2.45) is 0 Å². The van der Waals surface area contributed by atoms with Gasteiger partial charge in [-0.15, -0.1) is 11.8 Å². The van der Waals surface area contributed by atoms with Gasteiger partial charge in [-0.25, -0.2) is 8.78 Å². The van der Waals surface area contributed by atoms with Gasteiger partial charge in [0.25, 0.3) is 0 Å². The molecule has 0 aromatic heterocycles. The van der Waals surface area contributed by atoms with Crippen molar-refractivity contribution < 1.29 is 13.6 Å². The second-order valence-electron chi connectivity index (χ2n) is 4.15. The molecular weight excluding hydrogens is 266 g/mol. The predicted octanol–water partition coefficient (Wildman–Crippen LogP) is 4.25. The van der Waals surface area contributed by atoms with E-state index in [9.17, 15) is 13.6 Å². The minimum atomic E-state index is -0.504. The summed E-state index contributed by atoms with van der Waals surface area (Å²) >= 11 is 1.26. The van der Waals surface area contributed by atoms with Crippen LogP contribution in [0.25, 0.3) is 0 Å². The van der Waals surface area contributed by atoms with Gasteiger partial charge in [-0.1, -0.05) is 11.6 Å². The highest BCUT2D eigenvalue weighted by Crippen LogP contribution is 2.20. The second-order valence-corrected chi connectivity index (χ2v) is 5.20. The van der Waals surface area contributed by atoms with Gasteiger partial charge >= 0.3 is 0 Å². The van der Waals surface area contributed by atoms with Crippen molar-refractivity contribution in [3.05, 3.63) is 65.2 Å². The first-order chi connectivity index (χ1) is 9.06. The second kappa shape index (κ2) is 5.97. The van der Waals surface area contributed by atoms with Crippen LogP contribution in [0.3, 0.4) is 0 Å². The molecule has 0 unspecified atom stereocenters. The topological polar surface area (TPSA) is 17.1 Å². The van der Waals surface area contributed by atoms with Crippen LogP contribution in [-0.2, 0) is 0 Å². The minimum Gasteiger partial charge on any atom is -0.293 e. The zero-order chi connectivity index (χ0) is 13.8. The Labute approximate surface area is 114 Å². The van der Waals surface area contributed by atoms with Gasteiger partial charge in [-0.3, -0.25) is 4.79 Å². The number of carbonyl (C=O) groups excluding carboxylic acids is 1. The van der Waals surface area contributed by atoms with Crippen LogP contribution in [0, 0.1) is 18.6 Å². The molecule has 0 fully saturated rings. The summed E-state index contributed by atoms with van der Waals surface area (Å²) in [5.41, 5.74) is 0.950. The Morgan fingerprint density at radius 2 is 1.79 bits per heavy atom. The molecular formula is C15H12F2OS. The number of aryl methyl sites for hydroxylation is 1. The third-order valence-electron chi connectivity index (χ3n) is 2.61. The average molecular weight is 278 g/mol. The van der Waals surface area contributed by atoms with E-state index in [2.05, 4.69) is 0 Å². The molecule has 0 spiro atoms. The fraction of sp³-hybridized carbons (Fsp3) is 0.133. The number of hydrogen-bond acceptors (Lipinski definition) is 2. The lowest BCUT2D eigenvalue weighted by Gasteiger charge is -2.04. The summed E-state index contributed by atoms with van der Waals surface area (Å²) in [4.78, 5) is 12.7. The first kappa shape index (κ1) is 13.7. The smallest absolute Gasteiger partial charge is 0.176 e. The molecule has 4 heteroatoms.